The number of rotatable bonds is 5. The summed E-state index contributed by atoms with van der Waals surface area (Å²) in [5.41, 5.74) is 0.579. The van der Waals surface area contributed by atoms with Gasteiger partial charge in [-0.1, -0.05) is 11.6 Å². The van der Waals surface area contributed by atoms with E-state index in [1.165, 1.54) is 12.1 Å². The summed E-state index contributed by atoms with van der Waals surface area (Å²) < 4.78 is 10.5. The average Bonchev–Trinajstić information content (AvgIpc) is 2.62. The van der Waals surface area contributed by atoms with E-state index < -0.39 is 5.63 Å². The van der Waals surface area contributed by atoms with Crippen LogP contribution in [-0.4, -0.2) is 55.3 Å². The molecule has 1 amide bonds. The topological polar surface area (TPSA) is 92.0 Å². The molecular weight excluding hydrogens is 360 g/mol. The van der Waals surface area contributed by atoms with Crippen molar-refractivity contribution >= 4 is 28.5 Å². The summed E-state index contributed by atoms with van der Waals surface area (Å²) in [6, 6.07) is 2.84. The number of halogens is 1. The lowest BCUT2D eigenvalue weighted by molar-refractivity contribution is -0.120. The number of nitrogens with one attached hydrogen (secondary N) is 1. The Morgan fingerprint density at radius 2 is 2.08 bits per heavy atom. The molecule has 3 rings (SSSR count). The first-order valence-electron chi connectivity index (χ1n) is 8.47. The van der Waals surface area contributed by atoms with Gasteiger partial charge in [-0.15, -0.1) is 0 Å². The number of nitrogens with zero attached hydrogens (tertiary/aromatic N) is 1. The van der Waals surface area contributed by atoms with Crippen LogP contribution >= 0.6 is 11.6 Å². The first-order chi connectivity index (χ1) is 12.5. The molecule has 2 N–H and O–H groups in total. The number of carbonyl (C=O) groups is 1. The zero-order valence-electron chi connectivity index (χ0n) is 14.5. The molecule has 2 aromatic rings. The second-order valence-corrected chi connectivity index (χ2v) is 6.68. The molecule has 0 atom stereocenters. The van der Waals surface area contributed by atoms with Gasteiger partial charge in [0.2, 0.25) is 5.91 Å². The summed E-state index contributed by atoms with van der Waals surface area (Å²) in [6.45, 7) is 6.13. The Kier molecular flexibility index (Phi) is 5.80. The lowest BCUT2D eigenvalue weighted by Gasteiger charge is -2.26. The van der Waals surface area contributed by atoms with Gasteiger partial charge in [-0.3, -0.25) is 9.69 Å². The third kappa shape index (κ3) is 4.17. The standard InChI is InChI=1S/C18H21ClN2O5/c1-11-12-8-14(19)15(22)10-16(12)26-18(24)13(11)9-17(23)20-2-3-21-4-6-25-7-5-21/h8,10,22H,2-7,9H2,1H3,(H,20,23). The van der Waals surface area contributed by atoms with Gasteiger partial charge in [0, 0.05) is 37.6 Å². The fraction of sp³-hybridized carbons (Fsp3) is 0.444. The van der Waals surface area contributed by atoms with Crippen molar-refractivity contribution in [3.8, 4) is 5.75 Å². The first-order valence-corrected chi connectivity index (χ1v) is 8.85. The summed E-state index contributed by atoms with van der Waals surface area (Å²) >= 11 is 5.94. The lowest BCUT2D eigenvalue weighted by atomic mass is 10.0. The van der Waals surface area contributed by atoms with E-state index in [1.54, 1.807) is 6.92 Å². The molecule has 0 spiro atoms. The van der Waals surface area contributed by atoms with Gasteiger partial charge in [0.05, 0.1) is 30.2 Å². The Bertz CT molecular complexity index is 874. The minimum Gasteiger partial charge on any atom is -0.506 e. The zero-order valence-corrected chi connectivity index (χ0v) is 15.3. The van der Waals surface area contributed by atoms with Crippen molar-refractivity contribution in [1.82, 2.24) is 10.2 Å². The fourth-order valence-corrected chi connectivity index (χ4v) is 3.17. The number of morpholine rings is 1. The van der Waals surface area contributed by atoms with Gasteiger partial charge >= 0.3 is 5.63 Å². The van der Waals surface area contributed by atoms with Crippen LogP contribution < -0.4 is 10.9 Å². The van der Waals surface area contributed by atoms with Crippen molar-refractivity contribution in [2.75, 3.05) is 39.4 Å². The highest BCUT2D eigenvalue weighted by molar-refractivity contribution is 6.32. The average molecular weight is 381 g/mol. The van der Waals surface area contributed by atoms with E-state index in [2.05, 4.69) is 10.2 Å². The van der Waals surface area contributed by atoms with Gasteiger partial charge in [-0.25, -0.2) is 4.79 Å². The molecule has 0 unspecified atom stereocenters. The van der Waals surface area contributed by atoms with E-state index in [1.807, 2.05) is 0 Å². The molecule has 0 aliphatic carbocycles. The van der Waals surface area contributed by atoms with Crippen molar-refractivity contribution in [2.45, 2.75) is 13.3 Å². The molecule has 1 aliphatic rings. The molecule has 0 radical (unpaired) electrons. The number of fused-ring (bicyclic) bond motifs is 1. The summed E-state index contributed by atoms with van der Waals surface area (Å²) in [4.78, 5) is 26.7. The van der Waals surface area contributed by atoms with Gasteiger partial charge in [0.1, 0.15) is 11.3 Å². The number of aryl methyl sites for hydroxylation is 1. The van der Waals surface area contributed by atoms with Crippen LogP contribution in [0.4, 0.5) is 0 Å². The van der Waals surface area contributed by atoms with Gasteiger partial charge < -0.3 is 19.6 Å². The van der Waals surface area contributed by atoms with E-state index in [0.29, 0.717) is 36.3 Å². The predicted octanol–water partition coefficient (Wildman–Crippen LogP) is 1.45. The van der Waals surface area contributed by atoms with Gasteiger partial charge in [-0.05, 0) is 18.6 Å². The number of phenolic OH excluding ortho intramolecular Hbond substituents is 1. The molecule has 1 saturated heterocycles. The van der Waals surface area contributed by atoms with Crippen LogP contribution in [0.1, 0.15) is 11.1 Å². The number of benzene rings is 1. The predicted molar refractivity (Wildman–Crippen MR) is 97.9 cm³/mol. The van der Waals surface area contributed by atoms with Gasteiger partial charge in [0.15, 0.2) is 0 Å². The number of amides is 1. The quantitative estimate of drug-likeness (QED) is 0.763. The number of ether oxygens (including phenoxy) is 1. The summed E-state index contributed by atoms with van der Waals surface area (Å²) in [5, 5.41) is 13.2. The molecule has 1 aromatic heterocycles. The zero-order chi connectivity index (χ0) is 18.7. The van der Waals surface area contributed by atoms with Crippen LogP contribution in [0.25, 0.3) is 11.0 Å². The van der Waals surface area contributed by atoms with Crippen molar-refractivity contribution < 1.29 is 19.1 Å². The lowest BCUT2D eigenvalue weighted by Crippen LogP contribution is -2.41. The summed E-state index contributed by atoms with van der Waals surface area (Å²) in [6.07, 6.45) is -0.0638. The van der Waals surface area contributed by atoms with Gasteiger partial charge in [0.25, 0.3) is 0 Å². The van der Waals surface area contributed by atoms with E-state index in [-0.39, 0.29) is 28.7 Å². The van der Waals surface area contributed by atoms with Crippen molar-refractivity contribution in [2.24, 2.45) is 0 Å². The Hall–Kier alpha value is -2.09. The third-order valence-corrected chi connectivity index (χ3v) is 4.85. The smallest absolute Gasteiger partial charge is 0.340 e. The Balaban J connectivity index is 1.68. The van der Waals surface area contributed by atoms with Crippen molar-refractivity contribution in [3.05, 3.63) is 38.7 Å². The van der Waals surface area contributed by atoms with Crippen molar-refractivity contribution in [3.63, 3.8) is 0 Å². The first kappa shape index (κ1) is 18.7. The summed E-state index contributed by atoms with van der Waals surface area (Å²) in [7, 11) is 0. The van der Waals surface area contributed by atoms with Crippen LogP contribution in [0, 0.1) is 6.92 Å². The Morgan fingerprint density at radius 3 is 2.81 bits per heavy atom. The van der Waals surface area contributed by atoms with Crippen LogP contribution in [0.15, 0.2) is 21.3 Å². The number of carbonyl (C=O) groups excluding carboxylic acids is 1. The Morgan fingerprint density at radius 1 is 1.35 bits per heavy atom. The summed E-state index contributed by atoms with van der Waals surface area (Å²) in [5.74, 6) is -0.395. The largest absolute Gasteiger partial charge is 0.506 e. The minimum absolute atomic E-state index is 0.0638. The second-order valence-electron chi connectivity index (χ2n) is 6.27. The Labute approximate surface area is 155 Å². The van der Waals surface area contributed by atoms with E-state index >= 15 is 0 Å². The van der Waals surface area contributed by atoms with Crippen LogP contribution in [0.2, 0.25) is 5.02 Å². The highest BCUT2D eigenvalue weighted by Crippen LogP contribution is 2.30. The molecule has 1 aromatic carbocycles. The molecule has 8 heteroatoms. The molecule has 140 valence electrons. The maximum atomic E-state index is 12.2. The molecule has 26 heavy (non-hydrogen) atoms. The van der Waals surface area contributed by atoms with Crippen LogP contribution in [0.5, 0.6) is 5.75 Å². The molecule has 0 bridgehead atoms. The number of phenols is 1. The maximum absolute atomic E-state index is 12.2. The number of hydrogen-bond acceptors (Lipinski definition) is 6. The SMILES string of the molecule is Cc1c(CC(=O)NCCN2CCOCC2)c(=O)oc2cc(O)c(Cl)cc12. The molecule has 1 fully saturated rings. The number of hydrogen-bond donors (Lipinski definition) is 2. The van der Waals surface area contributed by atoms with E-state index in [9.17, 15) is 14.7 Å². The molecular formula is C18H21ClN2O5. The highest BCUT2D eigenvalue weighted by atomic mass is 35.5. The van der Waals surface area contributed by atoms with Gasteiger partial charge in [-0.2, -0.15) is 0 Å². The van der Waals surface area contributed by atoms with Crippen molar-refractivity contribution in [1.29, 1.82) is 0 Å². The van der Waals surface area contributed by atoms with E-state index in [4.69, 9.17) is 20.8 Å². The van der Waals surface area contributed by atoms with E-state index in [0.717, 1.165) is 19.6 Å². The number of aromatic hydroxyl groups is 1. The molecule has 2 heterocycles. The molecule has 0 saturated carbocycles. The minimum atomic E-state index is -0.583. The van der Waals surface area contributed by atoms with Crippen LogP contribution in [0.3, 0.4) is 0 Å². The molecule has 1 aliphatic heterocycles. The maximum Gasteiger partial charge on any atom is 0.340 e. The monoisotopic (exact) mass is 380 g/mol. The fourth-order valence-electron chi connectivity index (χ4n) is 3.00. The third-order valence-electron chi connectivity index (χ3n) is 4.55. The highest BCUT2D eigenvalue weighted by Gasteiger charge is 2.17. The molecule has 7 nitrogen and oxygen atoms in total. The van der Waals surface area contributed by atoms with Crippen LogP contribution in [-0.2, 0) is 16.0 Å². The normalized spacial score (nSPS) is 15.3. The second kappa shape index (κ2) is 8.07.